The van der Waals surface area contributed by atoms with Crippen LogP contribution in [-0.2, 0) is 4.79 Å². The lowest BCUT2D eigenvalue weighted by Crippen LogP contribution is -2.40. The van der Waals surface area contributed by atoms with Gasteiger partial charge in [-0.05, 0) is 55.7 Å². The highest BCUT2D eigenvalue weighted by molar-refractivity contribution is 5.95. The van der Waals surface area contributed by atoms with E-state index < -0.39 is 6.10 Å². The fourth-order valence-electron chi connectivity index (χ4n) is 3.87. The smallest absolute Gasteiger partial charge is 0.269 e. The second kappa shape index (κ2) is 8.63. The third-order valence-electron chi connectivity index (χ3n) is 5.58. The van der Waals surface area contributed by atoms with Gasteiger partial charge in [-0.1, -0.05) is 24.3 Å². The van der Waals surface area contributed by atoms with Gasteiger partial charge in [0.1, 0.15) is 6.61 Å². The number of nitrogens with one attached hydrogen (secondary N) is 1. The maximum absolute atomic E-state index is 12.6. The van der Waals surface area contributed by atoms with E-state index in [1.165, 1.54) is 19.3 Å². The van der Waals surface area contributed by atoms with Crippen LogP contribution in [-0.4, -0.2) is 41.9 Å². The molecule has 0 saturated carbocycles. The van der Waals surface area contributed by atoms with Crippen molar-refractivity contribution in [2.45, 2.75) is 25.4 Å². The molecule has 5 rings (SSSR count). The molecular weight excluding hydrogens is 392 g/mol. The fourth-order valence-corrected chi connectivity index (χ4v) is 3.87. The summed E-state index contributed by atoms with van der Waals surface area (Å²) in [6, 6.07) is 18.9. The zero-order valence-electron chi connectivity index (χ0n) is 17.2. The SMILES string of the molecule is O=C(Nc1ccc(-c2ccc(N3CCCCC3)nn2)cc1)C1COc2ccccc2O1. The van der Waals surface area contributed by atoms with Crippen molar-refractivity contribution in [1.29, 1.82) is 0 Å². The van der Waals surface area contributed by atoms with E-state index in [0.29, 0.717) is 17.2 Å². The summed E-state index contributed by atoms with van der Waals surface area (Å²) in [7, 11) is 0. The first kappa shape index (κ1) is 19.4. The molecule has 0 radical (unpaired) electrons. The Kier molecular flexibility index (Phi) is 5.39. The van der Waals surface area contributed by atoms with Gasteiger partial charge < -0.3 is 19.7 Å². The van der Waals surface area contributed by atoms with Gasteiger partial charge in [-0.2, -0.15) is 0 Å². The number of anilines is 2. The van der Waals surface area contributed by atoms with Crippen LogP contribution in [0.15, 0.2) is 60.7 Å². The molecule has 1 N–H and O–H groups in total. The van der Waals surface area contributed by atoms with Crippen molar-refractivity contribution in [1.82, 2.24) is 10.2 Å². The zero-order chi connectivity index (χ0) is 21.0. The number of carbonyl (C=O) groups is 1. The van der Waals surface area contributed by atoms with Crippen LogP contribution in [0.3, 0.4) is 0 Å². The summed E-state index contributed by atoms with van der Waals surface area (Å²) in [4.78, 5) is 14.9. The molecular formula is C24H24N4O3. The van der Waals surface area contributed by atoms with Crippen LogP contribution < -0.4 is 19.7 Å². The van der Waals surface area contributed by atoms with Crippen molar-refractivity contribution in [2.24, 2.45) is 0 Å². The van der Waals surface area contributed by atoms with Crippen LogP contribution >= 0.6 is 0 Å². The number of benzene rings is 2. The van der Waals surface area contributed by atoms with Gasteiger partial charge in [-0.15, -0.1) is 10.2 Å². The summed E-state index contributed by atoms with van der Waals surface area (Å²) >= 11 is 0. The van der Waals surface area contributed by atoms with Crippen LogP contribution in [0.5, 0.6) is 11.5 Å². The van der Waals surface area contributed by atoms with E-state index in [2.05, 4.69) is 20.4 Å². The Balaban J connectivity index is 1.21. The van der Waals surface area contributed by atoms with Crippen LogP contribution in [0.2, 0.25) is 0 Å². The number of para-hydroxylation sites is 2. The average molecular weight is 416 g/mol. The first-order valence-corrected chi connectivity index (χ1v) is 10.6. The van der Waals surface area contributed by atoms with Gasteiger partial charge in [-0.25, -0.2) is 0 Å². The molecule has 1 saturated heterocycles. The number of ether oxygens (including phenoxy) is 2. The van der Waals surface area contributed by atoms with Crippen molar-refractivity contribution < 1.29 is 14.3 Å². The van der Waals surface area contributed by atoms with E-state index in [1.807, 2.05) is 54.6 Å². The summed E-state index contributed by atoms with van der Waals surface area (Å²) in [5.74, 6) is 1.93. The minimum Gasteiger partial charge on any atom is -0.485 e. The Bertz CT molecular complexity index is 1050. The number of rotatable bonds is 4. The largest absolute Gasteiger partial charge is 0.485 e. The maximum atomic E-state index is 12.6. The molecule has 1 aromatic heterocycles. The molecule has 0 spiro atoms. The Labute approximate surface area is 181 Å². The zero-order valence-corrected chi connectivity index (χ0v) is 17.2. The first-order chi connectivity index (χ1) is 15.3. The normalized spacial score (nSPS) is 17.8. The van der Waals surface area contributed by atoms with Crippen molar-refractivity contribution >= 4 is 17.4 Å². The number of aromatic nitrogens is 2. The van der Waals surface area contributed by atoms with E-state index in [-0.39, 0.29) is 12.5 Å². The van der Waals surface area contributed by atoms with Crippen LogP contribution in [0.25, 0.3) is 11.3 Å². The lowest BCUT2D eigenvalue weighted by atomic mass is 10.1. The van der Waals surface area contributed by atoms with Crippen LogP contribution in [0, 0.1) is 0 Å². The molecule has 3 aromatic rings. The van der Waals surface area contributed by atoms with Gasteiger partial charge >= 0.3 is 0 Å². The highest BCUT2D eigenvalue weighted by Crippen LogP contribution is 2.31. The number of hydrogen-bond acceptors (Lipinski definition) is 6. The number of nitrogens with zero attached hydrogens (tertiary/aromatic N) is 3. The molecule has 3 heterocycles. The van der Waals surface area contributed by atoms with Gasteiger partial charge in [-0.3, -0.25) is 4.79 Å². The minimum absolute atomic E-state index is 0.180. The number of piperidine rings is 1. The van der Waals surface area contributed by atoms with E-state index in [0.717, 1.165) is 30.2 Å². The minimum atomic E-state index is -0.692. The number of carbonyl (C=O) groups excluding carboxylic acids is 1. The molecule has 31 heavy (non-hydrogen) atoms. The van der Waals surface area contributed by atoms with Gasteiger partial charge in [0.25, 0.3) is 5.91 Å². The molecule has 7 heteroatoms. The van der Waals surface area contributed by atoms with Crippen molar-refractivity contribution in [2.75, 3.05) is 29.9 Å². The molecule has 1 atom stereocenters. The Hall–Kier alpha value is -3.61. The Morgan fingerprint density at radius 3 is 2.42 bits per heavy atom. The van der Waals surface area contributed by atoms with Crippen molar-refractivity contribution in [3.8, 4) is 22.8 Å². The van der Waals surface area contributed by atoms with E-state index in [4.69, 9.17) is 9.47 Å². The summed E-state index contributed by atoms with van der Waals surface area (Å²) < 4.78 is 11.4. The van der Waals surface area contributed by atoms with E-state index in [1.54, 1.807) is 6.07 Å². The second-order valence-electron chi connectivity index (χ2n) is 7.76. The monoisotopic (exact) mass is 416 g/mol. The van der Waals surface area contributed by atoms with Gasteiger partial charge in [0.05, 0.1) is 5.69 Å². The van der Waals surface area contributed by atoms with E-state index >= 15 is 0 Å². The highest BCUT2D eigenvalue weighted by atomic mass is 16.6. The molecule has 1 unspecified atom stereocenters. The Morgan fingerprint density at radius 1 is 0.903 bits per heavy atom. The second-order valence-corrected chi connectivity index (χ2v) is 7.76. The highest BCUT2D eigenvalue weighted by Gasteiger charge is 2.27. The summed E-state index contributed by atoms with van der Waals surface area (Å²) in [5.41, 5.74) is 2.44. The summed E-state index contributed by atoms with van der Waals surface area (Å²) in [6.07, 6.45) is 3.02. The molecule has 1 fully saturated rings. The van der Waals surface area contributed by atoms with Gasteiger partial charge in [0.15, 0.2) is 17.3 Å². The molecule has 0 aliphatic carbocycles. The number of amides is 1. The summed E-state index contributed by atoms with van der Waals surface area (Å²) in [5, 5.41) is 11.7. The molecule has 158 valence electrons. The maximum Gasteiger partial charge on any atom is 0.269 e. The topological polar surface area (TPSA) is 76.6 Å². The molecule has 2 aliphatic heterocycles. The number of hydrogen-bond donors (Lipinski definition) is 1. The van der Waals surface area contributed by atoms with Crippen LogP contribution in [0.4, 0.5) is 11.5 Å². The third kappa shape index (κ3) is 4.30. The molecule has 2 aromatic carbocycles. The fraction of sp³-hybridized carbons (Fsp3) is 0.292. The number of fused-ring (bicyclic) bond motifs is 1. The lowest BCUT2D eigenvalue weighted by molar-refractivity contribution is -0.125. The quantitative estimate of drug-likeness (QED) is 0.695. The van der Waals surface area contributed by atoms with Crippen molar-refractivity contribution in [3.05, 3.63) is 60.7 Å². The molecule has 0 bridgehead atoms. The molecule has 1 amide bonds. The summed E-state index contributed by atoms with van der Waals surface area (Å²) in [6.45, 7) is 2.27. The average Bonchev–Trinajstić information content (AvgIpc) is 2.85. The predicted molar refractivity (Wildman–Crippen MR) is 119 cm³/mol. The van der Waals surface area contributed by atoms with Crippen LogP contribution in [0.1, 0.15) is 19.3 Å². The lowest BCUT2D eigenvalue weighted by Gasteiger charge is -2.27. The van der Waals surface area contributed by atoms with E-state index in [9.17, 15) is 4.79 Å². The standard InChI is InChI=1S/C24H24N4O3/c29-24(22-16-30-20-6-2-3-7-21(20)31-22)25-18-10-8-17(9-11-18)19-12-13-23(27-26-19)28-14-4-1-5-15-28/h2-3,6-13,22H,1,4-5,14-16H2,(H,25,29). The van der Waals surface area contributed by atoms with Crippen molar-refractivity contribution in [3.63, 3.8) is 0 Å². The predicted octanol–water partition coefficient (Wildman–Crippen LogP) is 3.91. The third-order valence-corrected chi connectivity index (χ3v) is 5.58. The molecule has 7 nitrogen and oxygen atoms in total. The first-order valence-electron chi connectivity index (χ1n) is 10.6. The van der Waals surface area contributed by atoms with Gasteiger partial charge in [0.2, 0.25) is 6.10 Å². The van der Waals surface area contributed by atoms with Gasteiger partial charge in [0, 0.05) is 24.3 Å². The Morgan fingerprint density at radius 2 is 1.68 bits per heavy atom. The molecule has 2 aliphatic rings.